The van der Waals surface area contributed by atoms with Crippen LogP contribution < -0.4 is 10.6 Å². The van der Waals surface area contributed by atoms with Gasteiger partial charge in [0.15, 0.2) is 0 Å². The van der Waals surface area contributed by atoms with Gasteiger partial charge < -0.3 is 10.6 Å². The van der Waals surface area contributed by atoms with Crippen molar-refractivity contribution in [2.75, 3.05) is 13.1 Å². The van der Waals surface area contributed by atoms with E-state index in [1.807, 2.05) is 0 Å². The number of nitrogens with one attached hydrogen (secondary N) is 2. The first-order chi connectivity index (χ1) is 8.71. The zero-order chi connectivity index (χ0) is 12.6. The molecule has 3 rings (SSSR count). The highest BCUT2D eigenvalue weighted by Crippen LogP contribution is 2.44. The zero-order valence-corrected chi connectivity index (χ0v) is 11.5. The summed E-state index contributed by atoms with van der Waals surface area (Å²) < 4.78 is 0. The molecule has 0 aromatic carbocycles. The maximum Gasteiger partial charge on any atom is 0.228 e. The summed E-state index contributed by atoms with van der Waals surface area (Å²) in [5.41, 5.74) is -0.0734. The van der Waals surface area contributed by atoms with Gasteiger partial charge in [0.1, 0.15) is 0 Å². The van der Waals surface area contributed by atoms with Crippen molar-refractivity contribution < 1.29 is 4.79 Å². The second-order valence-corrected chi connectivity index (χ2v) is 6.78. The molecule has 0 radical (unpaired) electrons. The van der Waals surface area contributed by atoms with E-state index in [1.165, 1.54) is 38.5 Å². The lowest BCUT2D eigenvalue weighted by Crippen LogP contribution is -2.50. The number of hydrogen-bond donors (Lipinski definition) is 2. The van der Waals surface area contributed by atoms with Crippen LogP contribution in [0.2, 0.25) is 0 Å². The first-order valence-electron chi connectivity index (χ1n) is 7.72. The standard InChI is InChI=1S/C15H26N2O/c1-11(8-12-5-6-12)17-14(18)15-7-3-2-4-13(15)9-16-10-15/h11-13,16H,2-10H2,1H3,(H,17,18)/t11?,13-,15+/m0/s1. The van der Waals surface area contributed by atoms with E-state index in [0.29, 0.717) is 17.9 Å². The lowest BCUT2D eigenvalue weighted by atomic mass is 9.67. The Hall–Kier alpha value is -0.570. The number of amides is 1. The number of carbonyl (C=O) groups is 1. The summed E-state index contributed by atoms with van der Waals surface area (Å²) in [7, 11) is 0. The Morgan fingerprint density at radius 3 is 3.00 bits per heavy atom. The van der Waals surface area contributed by atoms with Crippen molar-refractivity contribution in [3.63, 3.8) is 0 Å². The molecule has 18 heavy (non-hydrogen) atoms. The van der Waals surface area contributed by atoms with Crippen molar-refractivity contribution in [2.45, 2.75) is 57.9 Å². The summed E-state index contributed by atoms with van der Waals surface area (Å²) >= 11 is 0. The summed E-state index contributed by atoms with van der Waals surface area (Å²) in [5, 5.41) is 6.76. The molecule has 1 aliphatic heterocycles. The van der Waals surface area contributed by atoms with Gasteiger partial charge in [0.2, 0.25) is 5.91 Å². The van der Waals surface area contributed by atoms with Crippen molar-refractivity contribution in [1.82, 2.24) is 10.6 Å². The van der Waals surface area contributed by atoms with Crippen molar-refractivity contribution in [2.24, 2.45) is 17.3 Å². The number of rotatable bonds is 4. The third-order valence-corrected chi connectivity index (χ3v) is 5.25. The summed E-state index contributed by atoms with van der Waals surface area (Å²) in [6.07, 6.45) is 8.77. The van der Waals surface area contributed by atoms with Crippen LogP contribution in [-0.4, -0.2) is 25.0 Å². The second kappa shape index (κ2) is 4.84. The van der Waals surface area contributed by atoms with Crippen LogP contribution in [0.3, 0.4) is 0 Å². The van der Waals surface area contributed by atoms with Crippen LogP contribution in [0, 0.1) is 17.3 Å². The topological polar surface area (TPSA) is 41.1 Å². The molecule has 3 aliphatic rings. The molecule has 0 bridgehead atoms. The Kier molecular flexibility index (Phi) is 3.35. The minimum atomic E-state index is -0.0734. The highest BCUT2D eigenvalue weighted by molar-refractivity contribution is 5.84. The van der Waals surface area contributed by atoms with E-state index in [1.54, 1.807) is 0 Å². The predicted octanol–water partition coefficient (Wildman–Crippen LogP) is 2.07. The van der Waals surface area contributed by atoms with Crippen LogP contribution >= 0.6 is 0 Å². The molecule has 0 spiro atoms. The van der Waals surface area contributed by atoms with E-state index in [0.717, 1.165) is 25.4 Å². The van der Waals surface area contributed by atoms with Crippen LogP contribution in [0.5, 0.6) is 0 Å². The molecule has 3 heteroatoms. The van der Waals surface area contributed by atoms with Gasteiger partial charge in [-0.25, -0.2) is 0 Å². The highest BCUT2D eigenvalue weighted by atomic mass is 16.2. The molecule has 1 unspecified atom stereocenters. The summed E-state index contributed by atoms with van der Waals surface area (Å²) in [6, 6.07) is 0.363. The monoisotopic (exact) mass is 250 g/mol. The van der Waals surface area contributed by atoms with Crippen LogP contribution in [0.15, 0.2) is 0 Å². The third-order valence-electron chi connectivity index (χ3n) is 5.25. The summed E-state index contributed by atoms with van der Waals surface area (Å²) in [5.74, 6) is 1.81. The first-order valence-corrected chi connectivity index (χ1v) is 7.72. The Morgan fingerprint density at radius 1 is 1.39 bits per heavy atom. The molecule has 2 aliphatic carbocycles. The second-order valence-electron chi connectivity index (χ2n) is 6.78. The largest absolute Gasteiger partial charge is 0.353 e. The minimum absolute atomic E-state index is 0.0734. The van der Waals surface area contributed by atoms with E-state index in [2.05, 4.69) is 17.6 Å². The summed E-state index contributed by atoms with van der Waals surface area (Å²) in [4.78, 5) is 12.7. The van der Waals surface area contributed by atoms with E-state index in [4.69, 9.17) is 0 Å². The number of carbonyl (C=O) groups excluding carboxylic acids is 1. The molecule has 3 nitrogen and oxygen atoms in total. The fraction of sp³-hybridized carbons (Fsp3) is 0.933. The van der Waals surface area contributed by atoms with Crippen molar-refractivity contribution in [3.8, 4) is 0 Å². The molecule has 2 saturated carbocycles. The Labute approximate surface area is 110 Å². The Morgan fingerprint density at radius 2 is 2.22 bits per heavy atom. The molecule has 1 amide bonds. The quantitative estimate of drug-likeness (QED) is 0.802. The van der Waals surface area contributed by atoms with Crippen molar-refractivity contribution in [3.05, 3.63) is 0 Å². The van der Waals surface area contributed by atoms with Gasteiger partial charge >= 0.3 is 0 Å². The molecule has 0 aromatic rings. The van der Waals surface area contributed by atoms with Gasteiger partial charge in [0.25, 0.3) is 0 Å². The molecular formula is C15H26N2O. The first kappa shape index (κ1) is 12.5. The molecular weight excluding hydrogens is 224 g/mol. The lowest BCUT2D eigenvalue weighted by Gasteiger charge is -2.38. The average molecular weight is 250 g/mol. The molecule has 2 N–H and O–H groups in total. The maximum atomic E-state index is 12.7. The van der Waals surface area contributed by atoms with Crippen LogP contribution in [-0.2, 0) is 4.79 Å². The van der Waals surface area contributed by atoms with Crippen LogP contribution in [0.4, 0.5) is 0 Å². The van der Waals surface area contributed by atoms with E-state index >= 15 is 0 Å². The average Bonchev–Trinajstić information content (AvgIpc) is 3.05. The van der Waals surface area contributed by atoms with Gasteiger partial charge in [0.05, 0.1) is 5.41 Å². The van der Waals surface area contributed by atoms with Gasteiger partial charge in [0, 0.05) is 12.6 Å². The zero-order valence-electron chi connectivity index (χ0n) is 11.5. The predicted molar refractivity (Wildman–Crippen MR) is 72.2 cm³/mol. The number of fused-ring (bicyclic) bond motifs is 1. The fourth-order valence-corrected chi connectivity index (χ4v) is 3.97. The van der Waals surface area contributed by atoms with Crippen LogP contribution in [0.25, 0.3) is 0 Å². The lowest BCUT2D eigenvalue weighted by molar-refractivity contribution is -0.134. The Bertz CT molecular complexity index is 326. The van der Waals surface area contributed by atoms with Gasteiger partial charge in [-0.1, -0.05) is 25.7 Å². The normalized spacial score (nSPS) is 37.1. The Balaban J connectivity index is 1.62. The van der Waals surface area contributed by atoms with E-state index < -0.39 is 0 Å². The molecule has 3 fully saturated rings. The molecule has 1 saturated heterocycles. The molecule has 102 valence electrons. The van der Waals surface area contributed by atoms with Crippen molar-refractivity contribution >= 4 is 5.91 Å². The van der Waals surface area contributed by atoms with E-state index in [9.17, 15) is 4.79 Å². The van der Waals surface area contributed by atoms with Gasteiger partial charge in [-0.3, -0.25) is 4.79 Å². The van der Waals surface area contributed by atoms with Gasteiger partial charge in [-0.05, 0) is 44.6 Å². The SMILES string of the molecule is CC(CC1CC1)NC(=O)[C@@]12CCCC[C@H]1CNC2. The minimum Gasteiger partial charge on any atom is -0.353 e. The van der Waals surface area contributed by atoms with Crippen molar-refractivity contribution in [1.29, 1.82) is 0 Å². The molecule has 1 heterocycles. The van der Waals surface area contributed by atoms with Gasteiger partial charge in [-0.15, -0.1) is 0 Å². The number of hydrogen-bond acceptors (Lipinski definition) is 2. The highest BCUT2D eigenvalue weighted by Gasteiger charge is 2.50. The van der Waals surface area contributed by atoms with Gasteiger partial charge in [-0.2, -0.15) is 0 Å². The fourth-order valence-electron chi connectivity index (χ4n) is 3.97. The maximum absolute atomic E-state index is 12.7. The molecule has 0 aromatic heterocycles. The smallest absolute Gasteiger partial charge is 0.228 e. The third kappa shape index (κ3) is 2.29. The molecule has 3 atom stereocenters. The van der Waals surface area contributed by atoms with E-state index in [-0.39, 0.29) is 5.41 Å². The summed E-state index contributed by atoms with van der Waals surface area (Å²) in [6.45, 7) is 4.12. The van der Waals surface area contributed by atoms with Crippen LogP contribution in [0.1, 0.15) is 51.9 Å².